The molecule has 10 nitrogen and oxygen atoms in total. The van der Waals surface area contributed by atoms with Gasteiger partial charge in [0.1, 0.15) is 22.6 Å². The molecule has 0 saturated carbocycles. The molecule has 1 atom stereocenters. The summed E-state index contributed by atoms with van der Waals surface area (Å²) in [5.41, 5.74) is 1.13. The molecule has 2 heterocycles. The summed E-state index contributed by atoms with van der Waals surface area (Å²) >= 11 is 0. The normalized spacial score (nSPS) is 16.3. The second-order valence-corrected chi connectivity index (χ2v) is 8.50. The number of ether oxygens (including phenoxy) is 4. The lowest BCUT2D eigenvalue weighted by molar-refractivity contribution is 0.195. The Labute approximate surface area is 179 Å². The molecule has 1 aliphatic rings. The minimum absolute atomic E-state index is 0.00411. The molecule has 3 aromatic rings. The van der Waals surface area contributed by atoms with Gasteiger partial charge >= 0.3 is 0 Å². The smallest absolute Gasteiger partial charge is 0.270 e. The van der Waals surface area contributed by atoms with Crippen molar-refractivity contribution in [3.8, 4) is 17.2 Å². The predicted molar refractivity (Wildman–Crippen MR) is 114 cm³/mol. The van der Waals surface area contributed by atoms with Gasteiger partial charge in [-0.3, -0.25) is 4.72 Å². The number of hydrogen-bond donors (Lipinski definition) is 2. The maximum absolute atomic E-state index is 13.2. The zero-order chi connectivity index (χ0) is 22.0. The Balaban J connectivity index is 1.72. The van der Waals surface area contributed by atoms with E-state index in [1.54, 1.807) is 18.2 Å². The van der Waals surface area contributed by atoms with E-state index in [4.69, 9.17) is 23.5 Å². The fourth-order valence-electron chi connectivity index (χ4n) is 3.49. The Morgan fingerprint density at radius 3 is 2.39 bits per heavy atom. The lowest BCUT2D eigenvalue weighted by Crippen LogP contribution is -2.18. The minimum atomic E-state index is -4.12. The van der Waals surface area contributed by atoms with Gasteiger partial charge < -0.3 is 28.8 Å². The van der Waals surface area contributed by atoms with Gasteiger partial charge in [0.25, 0.3) is 10.0 Å². The van der Waals surface area contributed by atoms with Crippen LogP contribution < -0.4 is 24.2 Å². The SMILES string of the molecule is COc1cccc(OC)c1S(=O)(=O)Nc1noc2cc(N[C@H]3CCOC3)cc(OC)c12. The Hall–Kier alpha value is -3.18. The third kappa shape index (κ3) is 4.06. The van der Waals surface area contributed by atoms with Crippen LogP contribution in [0.3, 0.4) is 0 Å². The topological polar surface area (TPSA) is 121 Å². The number of nitrogens with one attached hydrogen (secondary N) is 2. The summed E-state index contributed by atoms with van der Waals surface area (Å²) in [4.78, 5) is -0.144. The Morgan fingerprint density at radius 2 is 1.77 bits per heavy atom. The number of rotatable bonds is 8. The van der Waals surface area contributed by atoms with E-state index < -0.39 is 10.0 Å². The third-order valence-corrected chi connectivity index (χ3v) is 6.34. The molecule has 1 saturated heterocycles. The van der Waals surface area contributed by atoms with Gasteiger partial charge in [0.2, 0.25) is 0 Å². The number of aromatic nitrogens is 1. The molecule has 166 valence electrons. The van der Waals surface area contributed by atoms with Crippen molar-refractivity contribution in [2.24, 2.45) is 0 Å². The summed E-state index contributed by atoms with van der Waals surface area (Å²) in [7, 11) is 0.130. The van der Waals surface area contributed by atoms with Crippen molar-refractivity contribution in [3.05, 3.63) is 30.3 Å². The molecule has 0 amide bonds. The quantitative estimate of drug-likeness (QED) is 0.535. The van der Waals surface area contributed by atoms with Crippen molar-refractivity contribution in [2.45, 2.75) is 17.4 Å². The van der Waals surface area contributed by atoms with E-state index in [9.17, 15) is 8.42 Å². The second-order valence-electron chi connectivity index (χ2n) is 6.88. The first kappa shape index (κ1) is 21.1. The van der Waals surface area contributed by atoms with Crippen molar-refractivity contribution in [1.29, 1.82) is 0 Å². The van der Waals surface area contributed by atoms with Crippen LogP contribution in [-0.2, 0) is 14.8 Å². The van der Waals surface area contributed by atoms with Gasteiger partial charge in [-0.25, -0.2) is 8.42 Å². The summed E-state index contributed by atoms with van der Waals surface area (Å²) in [6.45, 7) is 1.32. The van der Waals surface area contributed by atoms with E-state index in [0.29, 0.717) is 29.9 Å². The predicted octanol–water partition coefficient (Wildman–Crippen LogP) is 2.86. The van der Waals surface area contributed by atoms with Crippen LogP contribution in [0.4, 0.5) is 11.5 Å². The van der Waals surface area contributed by atoms with Crippen LogP contribution in [0.2, 0.25) is 0 Å². The summed E-state index contributed by atoms with van der Waals surface area (Å²) in [5, 5.41) is 7.67. The van der Waals surface area contributed by atoms with Gasteiger partial charge in [-0.2, -0.15) is 0 Å². The number of sulfonamides is 1. The summed E-state index contributed by atoms with van der Waals surface area (Å²) in [6, 6.07) is 8.38. The van der Waals surface area contributed by atoms with Crippen LogP contribution in [0.25, 0.3) is 11.0 Å². The maximum Gasteiger partial charge on any atom is 0.270 e. The standard InChI is InChI=1S/C20H23N3O7S/c1-26-14-5-4-6-15(27-2)19(14)31(24,25)23-20-18-16(28-3)9-13(10-17(18)30-22-20)21-12-7-8-29-11-12/h4-6,9-10,12,21H,7-8,11H2,1-3H3,(H,22,23)/t12-/m0/s1. The fourth-order valence-corrected chi connectivity index (χ4v) is 4.82. The van der Waals surface area contributed by atoms with Crippen molar-refractivity contribution >= 4 is 32.5 Å². The summed E-state index contributed by atoms with van der Waals surface area (Å²) < 4.78 is 55.5. The first-order valence-electron chi connectivity index (χ1n) is 9.52. The van der Waals surface area contributed by atoms with Crippen LogP contribution in [-0.4, -0.2) is 54.2 Å². The van der Waals surface area contributed by atoms with Gasteiger partial charge in [-0.1, -0.05) is 11.2 Å². The molecule has 2 aromatic carbocycles. The van der Waals surface area contributed by atoms with E-state index in [1.807, 2.05) is 0 Å². The van der Waals surface area contributed by atoms with Crippen molar-refractivity contribution in [2.75, 3.05) is 44.6 Å². The zero-order valence-corrected chi connectivity index (χ0v) is 18.1. The number of nitrogens with zero attached hydrogens (tertiary/aromatic N) is 1. The molecule has 0 bridgehead atoms. The first-order valence-corrected chi connectivity index (χ1v) is 11.0. The van der Waals surface area contributed by atoms with Crippen LogP contribution in [0.15, 0.2) is 39.8 Å². The average Bonchev–Trinajstić information content (AvgIpc) is 3.42. The van der Waals surface area contributed by atoms with E-state index in [2.05, 4.69) is 15.2 Å². The highest BCUT2D eigenvalue weighted by Gasteiger charge is 2.28. The van der Waals surface area contributed by atoms with Gasteiger partial charge in [0.05, 0.1) is 34.0 Å². The maximum atomic E-state index is 13.2. The highest BCUT2D eigenvalue weighted by atomic mass is 32.2. The molecule has 31 heavy (non-hydrogen) atoms. The molecule has 0 spiro atoms. The molecule has 1 aromatic heterocycles. The van der Waals surface area contributed by atoms with Crippen LogP contribution in [0.1, 0.15) is 6.42 Å². The lowest BCUT2D eigenvalue weighted by Gasteiger charge is -2.15. The van der Waals surface area contributed by atoms with E-state index in [1.165, 1.54) is 33.5 Å². The number of hydrogen-bond acceptors (Lipinski definition) is 9. The molecule has 11 heteroatoms. The number of anilines is 2. The average molecular weight is 449 g/mol. The Kier molecular flexibility index (Phi) is 5.79. The highest BCUT2D eigenvalue weighted by Crippen LogP contribution is 2.39. The molecular formula is C20H23N3O7S. The van der Waals surface area contributed by atoms with Crippen LogP contribution in [0.5, 0.6) is 17.2 Å². The van der Waals surface area contributed by atoms with Crippen LogP contribution >= 0.6 is 0 Å². The largest absolute Gasteiger partial charge is 0.496 e. The molecule has 0 unspecified atom stereocenters. The van der Waals surface area contributed by atoms with Crippen molar-refractivity contribution < 1.29 is 31.9 Å². The van der Waals surface area contributed by atoms with Crippen molar-refractivity contribution in [1.82, 2.24) is 5.16 Å². The second kappa shape index (κ2) is 8.52. The molecular weight excluding hydrogens is 426 g/mol. The molecule has 1 aliphatic heterocycles. The number of benzene rings is 2. The monoisotopic (exact) mass is 449 g/mol. The molecule has 2 N–H and O–H groups in total. The van der Waals surface area contributed by atoms with E-state index in [-0.39, 0.29) is 28.3 Å². The molecule has 1 fully saturated rings. The summed E-state index contributed by atoms with van der Waals surface area (Å²) in [6.07, 6.45) is 0.891. The Bertz CT molecular complexity index is 1160. The van der Waals surface area contributed by atoms with Gasteiger partial charge in [0, 0.05) is 24.4 Å². The van der Waals surface area contributed by atoms with E-state index >= 15 is 0 Å². The number of fused-ring (bicyclic) bond motifs is 1. The zero-order valence-electron chi connectivity index (χ0n) is 17.3. The number of methoxy groups -OCH3 is 3. The van der Waals surface area contributed by atoms with Gasteiger partial charge in [-0.15, -0.1) is 0 Å². The molecule has 4 rings (SSSR count). The lowest BCUT2D eigenvalue weighted by atomic mass is 10.2. The minimum Gasteiger partial charge on any atom is -0.496 e. The first-order chi connectivity index (χ1) is 15.0. The highest BCUT2D eigenvalue weighted by molar-refractivity contribution is 7.93. The Morgan fingerprint density at radius 1 is 1.06 bits per heavy atom. The third-order valence-electron chi connectivity index (χ3n) is 4.94. The fraction of sp³-hybridized carbons (Fsp3) is 0.350. The van der Waals surface area contributed by atoms with Gasteiger partial charge in [-0.05, 0) is 18.6 Å². The van der Waals surface area contributed by atoms with E-state index in [0.717, 1.165) is 12.1 Å². The van der Waals surface area contributed by atoms with Crippen molar-refractivity contribution in [3.63, 3.8) is 0 Å². The molecule has 0 radical (unpaired) electrons. The van der Waals surface area contributed by atoms with Crippen LogP contribution in [0, 0.1) is 0 Å². The van der Waals surface area contributed by atoms with Gasteiger partial charge in [0.15, 0.2) is 16.3 Å². The summed E-state index contributed by atoms with van der Waals surface area (Å²) in [5.74, 6) is 0.675. The molecule has 0 aliphatic carbocycles.